The van der Waals surface area contributed by atoms with Crippen molar-refractivity contribution in [2.45, 2.75) is 38.8 Å². The molecule has 5 rings (SSSR count). The van der Waals surface area contributed by atoms with E-state index in [0.717, 1.165) is 17.7 Å². The predicted molar refractivity (Wildman–Crippen MR) is 116 cm³/mol. The smallest absolute Gasteiger partial charge is 0.228 e. The number of amides is 1. The maximum Gasteiger partial charge on any atom is 0.228 e. The highest BCUT2D eigenvalue weighted by Gasteiger charge is 2.48. The summed E-state index contributed by atoms with van der Waals surface area (Å²) in [7, 11) is 0. The molecule has 29 heavy (non-hydrogen) atoms. The summed E-state index contributed by atoms with van der Waals surface area (Å²) in [5.41, 5.74) is 8.73. The van der Waals surface area contributed by atoms with E-state index >= 15 is 0 Å². The number of benzene rings is 2. The van der Waals surface area contributed by atoms with E-state index < -0.39 is 0 Å². The first-order valence-corrected chi connectivity index (χ1v) is 10.4. The van der Waals surface area contributed by atoms with Gasteiger partial charge in [-0.2, -0.15) is 0 Å². The fourth-order valence-electron chi connectivity index (χ4n) is 4.65. The van der Waals surface area contributed by atoms with Crippen LogP contribution in [0.4, 0.5) is 0 Å². The first kappa shape index (κ1) is 18.1. The molecule has 0 saturated heterocycles. The largest absolute Gasteiger partial charge is 0.325 e. The maximum atomic E-state index is 12.5. The quantitative estimate of drug-likeness (QED) is 0.711. The van der Waals surface area contributed by atoms with E-state index in [2.05, 4.69) is 79.1 Å². The number of carbonyl (C=O) groups excluding carboxylic acids is 1. The van der Waals surface area contributed by atoms with Gasteiger partial charge in [0.1, 0.15) is 0 Å². The molecule has 146 valence electrons. The molecule has 0 aliphatic heterocycles. The van der Waals surface area contributed by atoms with E-state index in [0.29, 0.717) is 24.4 Å². The van der Waals surface area contributed by atoms with Gasteiger partial charge in [0.05, 0.1) is 6.42 Å². The van der Waals surface area contributed by atoms with Crippen molar-refractivity contribution in [2.24, 2.45) is 5.92 Å². The summed E-state index contributed by atoms with van der Waals surface area (Å²) < 4.78 is 0. The fourth-order valence-corrected chi connectivity index (χ4v) is 4.65. The van der Waals surface area contributed by atoms with Crippen LogP contribution in [0.5, 0.6) is 0 Å². The van der Waals surface area contributed by atoms with Crippen LogP contribution in [0.3, 0.4) is 0 Å². The van der Waals surface area contributed by atoms with Crippen LogP contribution < -0.4 is 10.6 Å². The van der Waals surface area contributed by atoms with E-state index in [1.807, 2.05) is 12.1 Å². The lowest BCUT2D eigenvalue weighted by molar-refractivity contribution is -0.119. The van der Waals surface area contributed by atoms with E-state index in [1.54, 1.807) is 0 Å². The minimum absolute atomic E-state index is 0.0709. The Kier molecular flexibility index (Phi) is 4.48. The van der Waals surface area contributed by atoms with Crippen molar-refractivity contribution in [2.75, 3.05) is 0 Å². The fraction of sp³-hybridized carbons (Fsp3) is 0.269. The van der Waals surface area contributed by atoms with Gasteiger partial charge in [0.2, 0.25) is 5.91 Å². The van der Waals surface area contributed by atoms with Crippen molar-refractivity contribution in [3.05, 3.63) is 106 Å². The molecule has 2 N–H and O–H groups in total. The second kappa shape index (κ2) is 7.16. The van der Waals surface area contributed by atoms with E-state index in [1.165, 1.54) is 27.8 Å². The Morgan fingerprint density at radius 2 is 1.79 bits per heavy atom. The molecular formula is C26H26N2O. The number of rotatable bonds is 8. The highest BCUT2D eigenvalue weighted by molar-refractivity contribution is 5.87. The van der Waals surface area contributed by atoms with Crippen molar-refractivity contribution in [3.63, 3.8) is 0 Å². The molecule has 0 radical (unpaired) electrons. The topological polar surface area (TPSA) is 41.1 Å². The third kappa shape index (κ3) is 3.36. The summed E-state index contributed by atoms with van der Waals surface area (Å²) in [6.07, 6.45) is 5.71. The van der Waals surface area contributed by atoms with Gasteiger partial charge >= 0.3 is 0 Å². The van der Waals surface area contributed by atoms with Gasteiger partial charge in [-0.25, -0.2) is 0 Å². The minimum Gasteiger partial charge on any atom is -0.325 e. The lowest BCUT2D eigenvalue weighted by atomic mass is 9.56. The van der Waals surface area contributed by atoms with Crippen molar-refractivity contribution in [1.29, 1.82) is 0 Å². The SMILES string of the molecule is C[C@H](Cc1cccc(CC(=O)NC2=C3C=C4C=C2C43)c1)N[C@H](C)c1ccccc1. The van der Waals surface area contributed by atoms with Crippen LogP contribution in [0, 0.1) is 5.92 Å². The third-order valence-corrected chi connectivity index (χ3v) is 6.17. The molecule has 3 atom stereocenters. The van der Waals surface area contributed by atoms with Crippen LogP contribution in [0.25, 0.3) is 0 Å². The molecule has 0 saturated carbocycles. The van der Waals surface area contributed by atoms with Crippen LogP contribution in [0.2, 0.25) is 0 Å². The first-order chi connectivity index (χ1) is 14.1. The Hall–Kier alpha value is -2.91. The average molecular weight is 383 g/mol. The number of allylic oxidation sites excluding steroid dienone is 5. The number of hydrogen-bond donors (Lipinski definition) is 2. The Balaban J connectivity index is 1.16. The standard InChI is InChI=1S/C26H26N2O/c1-16(27-17(2)20-9-4-3-5-10-20)11-18-7-6-8-19(12-18)13-24(29)28-26-22-14-21-15-23(26)25(21)22/h3-10,12,14-17,25,27H,11,13H2,1-2H3,(H,28,29)/t16-,17-/m1/s1. The molecule has 0 aromatic heterocycles. The monoisotopic (exact) mass is 382 g/mol. The maximum absolute atomic E-state index is 12.5. The minimum atomic E-state index is 0.0709. The van der Waals surface area contributed by atoms with Gasteiger partial charge in [-0.15, -0.1) is 0 Å². The molecule has 3 heteroatoms. The summed E-state index contributed by atoms with van der Waals surface area (Å²) in [4.78, 5) is 12.5. The van der Waals surface area contributed by atoms with Gasteiger partial charge in [0.25, 0.3) is 0 Å². The Labute approximate surface area is 172 Å². The van der Waals surface area contributed by atoms with Crippen LogP contribution in [-0.4, -0.2) is 11.9 Å². The van der Waals surface area contributed by atoms with Gasteiger partial charge < -0.3 is 10.6 Å². The lowest BCUT2D eigenvalue weighted by Gasteiger charge is -2.50. The molecule has 2 aromatic rings. The predicted octanol–water partition coefficient (Wildman–Crippen LogP) is 4.39. The van der Waals surface area contributed by atoms with Gasteiger partial charge in [-0.3, -0.25) is 4.79 Å². The molecule has 0 bridgehead atoms. The molecule has 2 aromatic carbocycles. The molecule has 1 unspecified atom stereocenters. The zero-order chi connectivity index (χ0) is 20.0. The summed E-state index contributed by atoms with van der Waals surface area (Å²) >= 11 is 0. The summed E-state index contributed by atoms with van der Waals surface area (Å²) in [6, 6.07) is 19.6. The summed E-state index contributed by atoms with van der Waals surface area (Å²) in [6.45, 7) is 4.41. The molecule has 3 nitrogen and oxygen atoms in total. The third-order valence-electron chi connectivity index (χ3n) is 6.17. The van der Waals surface area contributed by atoms with Crippen molar-refractivity contribution >= 4 is 5.91 Å². The van der Waals surface area contributed by atoms with Crippen LogP contribution >= 0.6 is 0 Å². The summed E-state index contributed by atoms with van der Waals surface area (Å²) in [5.74, 6) is 0.641. The number of hydrogen-bond acceptors (Lipinski definition) is 2. The molecule has 0 spiro atoms. The Morgan fingerprint density at radius 3 is 2.48 bits per heavy atom. The Bertz CT molecular complexity index is 1060. The van der Waals surface area contributed by atoms with Crippen LogP contribution in [0.15, 0.2) is 89.2 Å². The highest BCUT2D eigenvalue weighted by atomic mass is 16.1. The molecule has 0 heterocycles. The van der Waals surface area contributed by atoms with E-state index in [9.17, 15) is 4.79 Å². The van der Waals surface area contributed by atoms with Crippen molar-refractivity contribution < 1.29 is 4.79 Å². The van der Waals surface area contributed by atoms with Gasteiger partial charge in [0, 0.05) is 23.7 Å². The van der Waals surface area contributed by atoms with E-state index in [-0.39, 0.29) is 5.91 Å². The molecule has 3 aliphatic carbocycles. The molecule has 1 amide bonds. The van der Waals surface area contributed by atoms with Gasteiger partial charge in [0.15, 0.2) is 0 Å². The molecular weight excluding hydrogens is 356 g/mol. The van der Waals surface area contributed by atoms with E-state index in [4.69, 9.17) is 0 Å². The first-order valence-electron chi connectivity index (χ1n) is 10.4. The van der Waals surface area contributed by atoms with Crippen LogP contribution in [-0.2, 0) is 17.6 Å². The number of nitrogens with one attached hydrogen (secondary N) is 2. The zero-order valence-electron chi connectivity index (χ0n) is 16.9. The van der Waals surface area contributed by atoms with Crippen molar-refractivity contribution in [3.8, 4) is 0 Å². The van der Waals surface area contributed by atoms with Gasteiger partial charge in [-0.1, -0.05) is 66.7 Å². The zero-order valence-corrected chi connectivity index (χ0v) is 16.9. The Morgan fingerprint density at radius 1 is 1.00 bits per heavy atom. The van der Waals surface area contributed by atoms with Gasteiger partial charge in [-0.05, 0) is 53.7 Å². The normalized spacial score (nSPS) is 20.3. The number of carbonyl (C=O) groups is 1. The average Bonchev–Trinajstić information content (AvgIpc) is 2.69. The molecule has 3 aliphatic rings. The second-order valence-electron chi connectivity index (χ2n) is 8.46. The summed E-state index contributed by atoms with van der Waals surface area (Å²) in [5, 5.41) is 6.78. The highest BCUT2D eigenvalue weighted by Crippen LogP contribution is 2.59. The second-order valence-corrected chi connectivity index (χ2v) is 8.46. The molecule has 0 fully saturated rings. The van der Waals surface area contributed by atoms with Crippen LogP contribution in [0.1, 0.15) is 36.6 Å². The van der Waals surface area contributed by atoms with Crippen molar-refractivity contribution in [1.82, 2.24) is 10.6 Å². The lowest BCUT2D eigenvalue weighted by Crippen LogP contribution is -2.44.